The van der Waals surface area contributed by atoms with Crippen LogP contribution in [0, 0.1) is 6.92 Å². The smallest absolute Gasteiger partial charge is 0.278 e. The van der Waals surface area contributed by atoms with Gasteiger partial charge in [0.1, 0.15) is 5.69 Å². The summed E-state index contributed by atoms with van der Waals surface area (Å²) in [5.41, 5.74) is 2.51. The van der Waals surface area contributed by atoms with Gasteiger partial charge in [-0.1, -0.05) is 11.6 Å². The standard InChI is InChI=1S/C13H16ClN5O/c1-8-10(15-2)11(19(4)17-8)13(20)18(3)9-6-5-7-16-12(9)14/h5-7,15H,1-4H3. The Bertz CT molecular complexity index is 652. The second-order valence-corrected chi connectivity index (χ2v) is 4.72. The fraction of sp³-hybridized carbons (Fsp3) is 0.308. The lowest BCUT2D eigenvalue weighted by atomic mass is 10.2. The molecule has 0 aromatic carbocycles. The maximum Gasteiger partial charge on any atom is 0.278 e. The second-order valence-electron chi connectivity index (χ2n) is 4.36. The first kappa shape index (κ1) is 14.3. The van der Waals surface area contributed by atoms with Crippen LogP contribution in [0.2, 0.25) is 5.15 Å². The van der Waals surface area contributed by atoms with Crippen molar-refractivity contribution in [3.8, 4) is 0 Å². The number of rotatable bonds is 3. The first-order valence-corrected chi connectivity index (χ1v) is 6.45. The molecule has 2 rings (SSSR count). The van der Waals surface area contributed by atoms with Crippen molar-refractivity contribution in [1.82, 2.24) is 14.8 Å². The summed E-state index contributed by atoms with van der Waals surface area (Å²) in [5, 5.41) is 7.55. The average Bonchev–Trinajstić information content (AvgIpc) is 2.71. The number of hydrogen-bond donors (Lipinski definition) is 1. The third-order valence-corrected chi connectivity index (χ3v) is 3.37. The Morgan fingerprint density at radius 2 is 2.20 bits per heavy atom. The molecule has 0 saturated carbocycles. The number of aryl methyl sites for hydroxylation is 2. The van der Waals surface area contributed by atoms with E-state index in [1.807, 2.05) is 6.92 Å². The minimum absolute atomic E-state index is 0.202. The molecule has 0 aliphatic heterocycles. The van der Waals surface area contributed by atoms with E-state index in [4.69, 9.17) is 11.6 Å². The number of hydrogen-bond acceptors (Lipinski definition) is 4. The zero-order valence-corrected chi connectivity index (χ0v) is 12.6. The van der Waals surface area contributed by atoms with Crippen LogP contribution in [0.25, 0.3) is 0 Å². The largest absolute Gasteiger partial charge is 0.385 e. The lowest BCUT2D eigenvalue weighted by Gasteiger charge is -2.18. The number of amides is 1. The fourth-order valence-electron chi connectivity index (χ4n) is 2.10. The lowest BCUT2D eigenvalue weighted by molar-refractivity contribution is 0.0985. The van der Waals surface area contributed by atoms with E-state index >= 15 is 0 Å². The highest BCUT2D eigenvalue weighted by Crippen LogP contribution is 2.26. The first-order chi connectivity index (χ1) is 9.47. The molecular weight excluding hydrogens is 278 g/mol. The van der Waals surface area contributed by atoms with Crippen molar-refractivity contribution in [2.45, 2.75) is 6.92 Å². The number of carbonyl (C=O) groups is 1. The molecule has 6 nitrogen and oxygen atoms in total. The van der Waals surface area contributed by atoms with Crippen molar-refractivity contribution < 1.29 is 4.79 Å². The van der Waals surface area contributed by atoms with Gasteiger partial charge in [-0.3, -0.25) is 9.48 Å². The number of nitrogens with one attached hydrogen (secondary N) is 1. The fourth-order valence-corrected chi connectivity index (χ4v) is 2.34. The highest BCUT2D eigenvalue weighted by molar-refractivity contribution is 6.32. The molecule has 106 valence electrons. The summed E-state index contributed by atoms with van der Waals surface area (Å²) >= 11 is 6.03. The van der Waals surface area contributed by atoms with Crippen molar-refractivity contribution in [3.05, 3.63) is 34.9 Å². The molecule has 0 saturated heterocycles. The van der Waals surface area contributed by atoms with Gasteiger partial charge in [0, 0.05) is 27.3 Å². The molecule has 0 unspecified atom stereocenters. The van der Waals surface area contributed by atoms with Gasteiger partial charge >= 0.3 is 0 Å². The topological polar surface area (TPSA) is 63.1 Å². The molecule has 2 heterocycles. The number of aromatic nitrogens is 3. The van der Waals surface area contributed by atoms with Crippen LogP contribution in [0.15, 0.2) is 18.3 Å². The molecule has 0 aliphatic carbocycles. The van der Waals surface area contributed by atoms with Gasteiger partial charge in [0.05, 0.1) is 17.1 Å². The summed E-state index contributed by atoms with van der Waals surface area (Å²) in [7, 11) is 5.16. The average molecular weight is 294 g/mol. The Kier molecular flexibility index (Phi) is 3.94. The zero-order valence-electron chi connectivity index (χ0n) is 11.8. The van der Waals surface area contributed by atoms with E-state index in [1.165, 1.54) is 4.90 Å². The van der Waals surface area contributed by atoms with Crippen molar-refractivity contribution in [3.63, 3.8) is 0 Å². The van der Waals surface area contributed by atoms with Crippen LogP contribution in [-0.2, 0) is 7.05 Å². The predicted octanol–water partition coefficient (Wildman–Crippen LogP) is 2.10. The van der Waals surface area contributed by atoms with Crippen LogP contribution < -0.4 is 10.2 Å². The van der Waals surface area contributed by atoms with Crippen LogP contribution in [-0.4, -0.2) is 34.8 Å². The molecule has 0 aliphatic rings. The van der Waals surface area contributed by atoms with E-state index in [1.54, 1.807) is 44.2 Å². The van der Waals surface area contributed by atoms with Crippen LogP contribution in [0.3, 0.4) is 0 Å². The lowest BCUT2D eigenvalue weighted by Crippen LogP contribution is -2.29. The molecule has 0 atom stereocenters. The maximum absolute atomic E-state index is 12.6. The molecule has 20 heavy (non-hydrogen) atoms. The van der Waals surface area contributed by atoms with Crippen molar-refractivity contribution in [1.29, 1.82) is 0 Å². The molecule has 0 spiro atoms. The summed E-state index contributed by atoms with van der Waals surface area (Å²) in [4.78, 5) is 18.1. The molecule has 1 amide bonds. The van der Waals surface area contributed by atoms with Crippen LogP contribution in [0.1, 0.15) is 16.2 Å². The van der Waals surface area contributed by atoms with Gasteiger partial charge in [-0.2, -0.15) is 5.10 Å². The molecule has 2 aromatic heterocycles. The predicted molar refractivity (Wildman–Crippen MR) is 79.5 cm³/mol. The summed E-state index contributed by atoms with van der Waals surface area (Å²) < 4.78 is 1.56. The van der Waals surface area contributed by atoms with E-state index in [9.17, 15) is 4.79 Å². The number of nitrogens with zero attached hydrogens (tertiary/aromatic N) is 4. The van der Waals surface area contributed by atoms with Crippen LogP contribution in [0.4, 0.5) is 11.4 Å². The van der Waals surface area contributed by atoms with Gasteiger partial charge in [0.25, 0.3) is 5.91 Å². The van der Waals surface area contributed by atoms with Gasteiger partial charge in [-0.05, 0) is 19.1 Å². The number of anilines is 2. The minimum atomic E-state index is -0.202. The maximum atomic E-state index is 12.6. The monoisotopic (exact) mass is 293 g/mol. The van der Waals surface area contributed by atoms with Gasteiger partial charge in [-0.25, -0.2) is 4.98 Å². The Morgan fingerprint density at radius 3 is 2.80 bits per heavy atom. The van der Waals surface area contributed by atoms with Crippen LogP contribution >= 0.6 is 11.6 Å². The molecule has 7 heteroatoms. The third-order valence-electron chi connectivity index (χ3n) is 3.08. The van der Waals surface area contributed by atoms with E-state index < -0.39 is 0 Å². The summed E-state index contributed by atoms with van der Waals surface area (Å²) in [6.07, 6.45) is 1.58. The second kappa shape index (κ2) is 5.50. The highest BCUT2D eigenvalue weighted by atomic mass is 35.5. The molecule has 0 fully saturated rings. The molecule has 0 bridgehead atoms. The summed E-state index contributed by atoms with van der Waals surface area (Å²) in [6, 6.07) is 3.48. The van der Waals surface area contributed by atoms with E-state index in [0.29, 0.717) is 17.1 Å². The van der Waals surface area contributed by atoms with Gasteiger partial charge in [0.15, 0.2) is 5.15 Å². The van der Waals surface area contributed by atoms with Crippen molar-refractivity contribution >= 4 is 28.9 Å². The quantitative estimate of drug-likeness (QED) is 0.880. The number of halogens is 1. The molecule has 2 aromatic rings. The first-order valence-electron chi connectivity index (χ1n) is 6.07. The van der Waals surface area contributed by atoms with Gasteiger partial charge in [0.2, 0.25) is 0 Å². The Hall–Kier alpha value is -2.08. The normalized spacial score (nSPS) is 10.4. The molecule has 0 radical (unpaired) electrons. The van der Waals surface area contributed by atoms with Gasteiger partial charge < -0.3 is 10.2 Å². The van der Waals surface area contributed by atoms with Crippen LogP contribution in [0.5, 0.6) is 0 Å². The number of pyridine rings is 1. The molecule has 1 N–H and O–H groups in total. The highest BCUT2D eigenvalue weighted by Gasteiger charge is 2.24. The van der Waals surface area contributed by atoms with E-state index in [2.05, 4.69) is 15.4 Å². The van der Waals surface area contributed by atoms with Crippen molar-refractivity contribution in [2.75, 3.05) is 24.3 Å². The van der Waals surface area contributed by atoms with Gasteiger partial charge in [-0.15, -0.1) is 0 Å². The zero-order chi connectivity index (χ0) is 14.9. The third kappa shape index (κ3) is 2.34. The summed E-state index contributed by atoms with van der Waals surface area (Å²) in [6.45, 7) is 1.85. The van der Waals surface area contributed by atoms with E-state index in [-0.39, 0.29) is 11.1 Å². The molecular formula is C13H16ClN5O. The number of carbonyl (C=O) groups excluding carboxylic acids is 1. The van der Waals surface area contributed by atoms with Crippen molar-refractivity contribution in [2.24, 2.45) is 7.05 Å². The summed E-state index contributed by atoms with van der Waals surface area (Å²) in [5.74, 6) is -0.202. The minimum Gasteiger partial charge on any atom is -0.385 e. The SMILES string of the molecule is CNc1c(C)nn(C)c1C(=O)N(C)c1cccnc1Cl. The Balaban J connectivity index is 2.44. The Morgan fingerprint density at radius 1 is 1.50 bits per heavy atom. The Labute approximate surface area is 122 Å². The van der Waals surface area contributed by atoms with E-state index in [0.717, 1.165) is 5.69 Å².